The van der Waals surface area contributed by atoms with Gasteiger partial charge in [-0.1, -0.05) is 54.7 Å². The van der Waals surface area contributed by atoms with Gasteiger partial charge in [0, 0.05) is 24.8 Å². The molecule has 0 aliphatic carbocycles. The van der Waals surface area contributed by atoms with E-state index in [0.29, 0.717) is 18.7 Å². The van der Waals surface area contributed by atoms with E-state index in [1.165, 1.54) is 0 Å². The largest absolute Gasteiger partial charge is 0.445 e. The van der Waals surface area contributed by atoms with E-state index in [1.54, 1.807) is 17.1 Å². The van der Waals surface area contributed by atoms with Gasteiger partial charge in [0.15, 0.2) is 0 Å². The molecule has 1 N–H and O–H groups in total. The Bertz CT molecular complexity index is 662. The molecule has 1 aliphatic rings. The molecular formula is C20H25N3O3. The molecule has 1 aromatic carbocycles. The summed E-state index contributed by atoms with van der Waals surface area (Å²) in [5.74, 6) is 0. The Morgan fingerprint density at radius 1 is 1.31 bits per heavy atom. The molecule has 1 saturated heterocycles. The van der Waals surface area contributed by atoms with Gasteiger partial charge in [0.2, 0.25) is 0 Å². The first-order valence-corrected chi connectivity index (χ1v) is 8.66. The number of nitroso groups, excluding NO2 is 1. The van der Waals surface area contributed by atoms with Crippen molar-refractivity contribution >= 4 is 6.09 Å². The zero-order chi connectivity index (χ0) is 18.8. The summed E-state index contributed by atoms with van der Waals surface area (Å²) in [5, 5.41) is 6.25. The van der Waals surface area contributed by atoms with Crippen LogP contribution in [0.5, 0.6) is 0 Å². The SMILES string of the molecule is C=C/C=C(/NC1CCN(C(=O)OCc2ccccc2)CC1)C(=C)CN=O. The van der Waals surface area contributed by atoms with Gasteiger partial charge in [-0.3, -0.25) is 0 Å². The van der Waals surface area contributed by atoms with Gasteiger partial charge in [-0.2, -0.15) is 4.91 Å². The normalized spacial score (nSPS) is 15.2. The predicted molar refractivity (Wildman–Crippen MR) is 102 cm³/mol. The molecule has 2 rings (SSSR count). The molecule has 0 spiro atoms. The minimum absolute atomic E-state index is 0.0390. The van der Waals surface area contributed by atoms with Gasteiger partial charge in [-0.05, 0) is 30.1 Å². The van der Waals surface area contributed by atoms with Crippen molar-refractivity contribution in [2.75, 3.05) is 19.6 Å². The Morgan fingerprint density at radius 3 is 2.62 bits per heavy atom. The maximum atomic E-state index is 12.2. The topological polar surface area (TPSA) is 71.0 Å². The molecule has 0 unspecified atom stereocenters. The maximum absolute atomic E-state index is 12.2. The third-order valence-corrected chi connectivity index (χ3v) is 4.24. The number of ether oxygens (including phenoxy) is 1. The van der Waals surface area contributed by atoms with E-state index < -0.39 is 0 Å². The number of amides is 1. The van der Waals surface area contributed by atoms with Crippen molar-refractivity contribution < 1.29 is 9.53 Å². The van der Waals surface area contributed by atoms with Gasteiger partial charge in [-0.15, -0.1) is 0 Å². The lowest BCUT2D eigenvalue weighted by atomic mass is 10.0. The van der Waals surface area contributed by atoms with Gasteiger partial charge in [0.1, 0.15) is 13.2 Å². The van der Waals surface area contributed by atoms with Crippen LogP contribution in [-0.2, 0) is 11.3 Å². The monoisotopic (exact) mass is 355 g/mol. The Hall–Kier alpha value is -2.89. The van der Waals surface area contributed by atoms with E-state index in [2.05, 4.69) is 23.7 Å². The molecule has 26 heavy (non-hydrogen) atoms. The van der Waals surface area contributed by atoms with Crippen molar-refractivity contribution in [2.45, 2.75) is 25.5 Å². The van der Waals surface area contributed by atoms with Gasteiger partial charge >= 0.3 is 6.09 Å². The van der Waals surface area contributed by atoms with E-state index in [4.69, 9.17) is 4.74 Å². The van der Waals surface area contributed by atoms with Crippen molar-refractivity contribution in [3.8, 4) is 0 Å². The second kappa shape index (κ2) is 10.2. The minimum Gasteiger partial charge on any atom is -0.445 e. The first-order chi connectivity index (χ1) is 12.6. The Morgan fingerprint density at radius 2 is 2.00 bits per heavy atom. The standard InChI is InChI=1S/C20H25N3O3/c1-3-7-19(16(2)14-21-25)22-18-10-12-23(13-11-18)20(24)26-15-17-8-5-4-6-9-17/h3-9,18,22H,1-2,10-15H2/b19-7+. The van der Waals surface area contributed by atoms with Crippen LogP contribution >= 0.6 is 0 Å². The summed E-state index contributed by atoms with van der Waals surface area (Å²) < 4.78 is 5.37. The lowest BCUT2D eigenvalue weighted by Crippen LogP contribution is -2.45. The molecule has 1 aromatic rings. The molecule has 1 heterocycles. The summed E-state index contributed by atoms with van der Waals surface area (Å²) in [6.45, 7) is 9.10. The average molecular weight is 355 g/mol. The Labute approximate surface area is 154 Å². The molecule has 0 radical (unpaired) electrons. The minimum atomic E-state index is -0.288. The quantitative estimate of drug-likeness (QED) is 0.569. The van der Waals surface area contributed by atoms with E-state index >= 15 is 0 Å². The van der Waals surface area contributed by atoms with Crippen molar-refractivity contribution in [1.82, 2.24) is 10.2 Å². The molecule has 1 aliphatic heterocycles. The Balaban J connectivity index is 1.79. The highest BCUT2D eigenvalue weighted by Gasteiger charge is 2.24. The number of likely N-dealkylation sites (tertiary alicyclic amines) is 1. The van der Waals surface area contributed by atoms with Crippen LogP contribution in [0.4, 0.5) is 4.79 Å². The molecule has 6 nitrogen and oxygen atoms in total. The highest BCUT2D eigenvalue weighted by atomic mass is 16.6. The van der Waals surface area contributed by atoms with Crippen LogP contribution in [0.3, 0.4) is 0 Å². The first kappa shape index (κ1) is 19.4. The molecule has 138 valence electrons. The molecule has 1 fully saturated rings. The number of piperidine rings is 1. The lowest BCUT2D eigenvalue weighted by Gasteiger charge is -2.33. The molecule has 0 saturated carbocycles. The number of allylic oxidation sites excluding steroid dienone is 2. The number of hydrogen-bond donors (Lipinski definition) is 1. The summed E-state index contributed by atoms with van der Waals surface area (Å²) in [6, 6.07) is 9.82. The predicted octanol–water partition coefficient (Wildman–Crippen LogP) is 3.77. The molecule has 1 amide bonds. The fourth-order valence-electron chi connectivity index (χ4n) is 2.79. The van der Waals surface area contributed by atoms with Crippen molar-refractivity contribution in [1.29, 1.82) is 0 Å². The number of nitrogens with one attached hydrogen (secondary N) is 1. The fourth-order valence-corrected chi connectivity index (χ4v) is 2.79. The molecule has 6 heteroatoms. The molecule has 0 atom stereocenters. The number of carbonyl (C=O) groups excluding carboxylic acids is 1. The van der Waals surface area contributed by atoms with E-state index in [9.17, 15) is 9.70 Å². The summed E-state index contributed by atoms with van der Waals surface area (Å²) in [6.07, 6.45) is 4.72. The molecular weight excluding hydrogens is 330 g/mol. The second-order valence-corrected chi connectivity index (χ2v) is 6.15. The fraction of sp³-hybridized carbons (Fsp3) is 0.350. The first-order valence-electron chi connectivity index (χ1n) is 8.66. The van der Waals surface area contributed by atoms with E-state index in [1.807, 2.05) is 30.3 Å². The maximum Gasteiger partial charge on any atom is 0.410 e. The lowest BCUT2D eigenvalue weighted by molar-refractivity contribution is 0.0859. The summed E-state index contributed by atoms with van der Waals surface area (Å²) in [7, 11) is 0. The van der Waals surface area contributed by atoms with Gasteiger partial charge in [0.25, 0.3) is 0 Å². The van der Waals surface area contributed by atoms with Crippen LogP contribution < -0.4 is 5.32 Å². The van der Waals surface area contributed by atoms with Crippen LogP contribution in [0.25, 0.3) is 0 Å². The van der Waals surface area contributed by atoms with E-state index in [0.717, 1.165) is 24.1 Å². The number of benzene rings is 1. The highest BCUT2D eigenvalue weighted by molar-refractivity contribution is 5.67. The van der Waals surface area contributed by atoms with Crippen LogP contribution in [-0.4, -0.2) is 36.7 Å². The van der Waals surface area contributed by atoms with E-state index in [-0.39, 0.29) is 25.3 Å². The zero-order valence-electron chi connectivity index (χ0n) is 14.9. The highest BCUT2D eigenvalue weighted by Crippen LogP contribution is 2.16. The van der Waals surface area contributed by atoms with Crippen LogP contribution in [0.2, 0.25) is 0 Å². The van der Waals surface area contributed by atoms with Crippen LogP contribution in [0.1, 0.15) is 18.4 Å². The number of nitrogens with zero attached hydrogens (tertiary/aromatic N) is 2. The third kappa shape index (κ3) is 5.88. The second-order valence-electron chi connectivity index (χ2n) is 6.15. The average Bonchev–Trinajstić information content (AvgIpc) is 2.67. The zero-order valence-corrected chi connectivity index (χ0v) is 14.9. The summed E-state index contributed by atoms with van der Waals surface area (Å²) in [5.41, 5.74) is 2.37. The van der Waals surface area contributed by atoms with Crippen molar-refractivity contribution in [2.24, 2.45) is 5.18 Å². The molecule has 0 aromatic heterocycles. The van der Waals surface area contributed by atoms with Gasteiger partial charge in [-0.25, -0.2) is 4.79 Å². The third-order valence-electron chi connectivity index (χ3n) is 4.24. The van der Waals surface area contributed by atoms with Gasteiger partial charge < -0.3 is 15.0 Å². The Kier molecular flexibility index (Phi) is 7.61. The van der Waals surface area contributed by atoms with Crippen LogP contribution in [0, 0.1) is 4.91 Å². The number of carbonyl (C=O) groups is 1. The van der Waals surface area contributed by atoms with Crippen LogP contribution in [0.15, 0.2) is 72.1 Å². The summed E-state index contributed by atoms with van der Waals surface area (Å²) >= 11 is 0. The smallest absolute Gasteiger partial charge is 0.410 e. The summed E-state index contributed by atoms with van der Waals surface area (Å²) in [4.78, 5) is 24.4. The number of rotatable bonds is 8. The van der Waals surface area contributed by atoms with Crippen molar-refractivity contribution in [3.05, 3.63) is 77.4 Å². The molecule has 0 bridgehead atoms. The van der Waals surface area contributed by atoms with Gasteiger partial charge in [0.05, 0.1) is 0 Å². The number of hydrogen-bond acceptors (Lipinski definition) is 5. The van der Waals surface area contributed by atoms with Crippen molar-refractivity contribution in [3.63, 3.8) is 0 Å².